The van der Waals surface area contributed by atoms with Crippen molar-refractivity contribution in [1.82, 2.24) is 9.97 Å². The summed E-state index contributed by atoms with van der Waals surface area (Å²) in [5.74, 6) is 0.0567. The van der Waals surface area contributed by atoms with Gasteiger partial charge in [0.1, 0.15) is 0 Å². The standard InChI is InChI=1S/C19H19FN6O2/c1-21-12-4-3-5-13(8-12)24-18-15(20)10-23-19(26-18)25-14-6-7-17(28-11-27)16(9-14)22-2/h3-11,21-22H,1-2H3,(H2,23,24,25,26). The van der Waals surface area contributed by atoms with E-state index in [4.69, 9.17) is 4.74 Å². The van der Waals surface area contributed by atoms with Crippen LogP contribution in [0, 0.1) is 5.82 Å². The van der Waals surface area contributed by atoms with E-state index in [0.717, 1.165) is 11.9 Å². The van der Waals surface area contributed by atoms with E-state index in [9.17, 15) is 9.18 Å². The molecule has 1 heterocycles. The molecule has 0 radical (unpaired) electrons. The summed E-state index contributed by atoms with van der Waals surface area (Å²) in [4.78, 5) is 18.7. The number of ether oxygens (including phenoxy) is 1. The molecule has 0 bridgehead atoms. The molecule has 28 heavy (non-hydrogen) atoms. The van der Waals surface area contributed by atoms with Gasteiger partial charge in [0.2, 0.25) is 5.95 Å². The van der Waals surface area contributed by atoms with Crippen LogP contribution in [0.2, 0.25) is 0 Å². The normalized spacial score (nSPS) is 10.1. The van der Waals surface area contributed by atoms with E-state index in [1.54, 1.807) is 38.4 Å². The van der Waals surface area contributed by atoms with Crippen LogP contribution < -0.4 is 26.0 Å². The zero-order valence-electron chi connectivity index (χ0n) is 15.3. The lowest BCUT2D eigenvalue weighted by atomic mass is 10.2. The highest BCUT2D eigenvalue weighted by atomic mass is 19.1. The average Bonchev–Trinajstić information content (AvgIpc) is 2.72. The van der Waals surface area contributed by atoms with Gasteiger partial charge in [-0.15, -0.1) is 0 Å². The molecule has 144 valence electrons. The molecule has 4 N–H and O–H groups in total. The van der Waals surface area contributed by atoms with Crippen molar-refractivity contribution in [3.8, 4) is 5.75 Å². The Labute approximate surface area is 161 Å². The molecule has 0 fully saturated rings. The Morgan fingerprint density at radius 2 is 1.79 bits per heavy atom. The fourth-order valence-electron chi connectivity index (χ4n) is 2.49. The summed E-state index contributed by atoms with van der Waals surface area (Å²) < 4.78 is 19.0. The quantitative estimate of drug-likeness (QED) is 0.438. The van der Waals surface area contributed by atoms with Crippen LogP contribution in [0.4, 0.5) is 38.9 Å². The van der Waals surface area contributed by atoms with Crippen LogP contribution in [-0.2, 0) is 4.79 Å². The first-order valence-electron chi connectivity index (χ1n) is 8.39. The third kappa shape index (κ3) is 4.44. The first-order valence-corrected chi connectivity index (χ1v) is 8.39. The van der Waals surface area contributed by atoms with Gasteiger partial charge in [-0.1, -0.05) is 6.07 Å². The summed E-state index contributed by atoms with van der Waals surface area (Å²) in [6, 6.07) is 12.4. The van der Waals surface area contributed by atoms with Crippen molar-refractivity contribution in [2.45, 2.75) is 0 Å². The lowest BCUT2D eigenvalue weighted by Crippen LogP contribution is -2.04. The number of hydrogen-bond donors (Lipinski definition) is 4. The van der Waals surface area contributed by atoms with Gasteiger partial charge in [0, 0.05) is 31.2 Å². The third-order valence-corrected chi connectivity index (χ3v) is 3.84. The van der Waals surface area contributed by atoms with E-state index in [1.807, 2.05) is 18.2 Å². The number of benzene rings is 2. The van der Waals surface area contributed by atoms with E-state index >= 15 is 0 Å². The number of aromatic nitrogens is 2. The summed E-state index contributed by atoms with van der Waals surface area (Å²) in [7, 11) is 3.50. The molecule has 0 aliphatic carbocycles. The highest BCUT2D eigenvalue weighted by Crippen LogP contribution is 2.29. The molecular formula is C19H19FN6O2. The van der Waals surface area contributed by atoms with Gasteiger partial charge in [-0.3, -0.25) is 4.79 Å². The monoisotopic (exact) mass is 382 g/mol. The SMILES string of the molecule is CNc1cccc(Nc2nc(Nc3ccc(OC=O)c(NC)c3)ncc2F)c1. The average molecular weight is 382 g/mol. The van der Waals surface area contributed by atoms with E-state index < -0.39 is 5.82 Å². The molecular weight excluding hydrogens is 363 g/mol. The van der Waals surface area contributed by atoms with Gasteiger partial charge < -0.3 is 26.0 Å². The third-order valence-electron chi connectivity index (χ3n) is 3.84. The Balaban J connectivity index is 1.82. The lowest BCUT2D eigenvalue weighted by molar-refractivity contribution is -0.120. The van der Waals surface area contributed by atoms with Crippen molar-refractivity contribution in [2.75, 3.05) is 35.4 Å². The molecule has 9 heteroatoms. The topological polar surface area (TPSA) is 100 Å². The molecule has 0 aliphatic rings. The molecule has 8 nitrogen and oxygen atoms in total. The minimum atomic E-state index is -0.578. The van der Waals surface area contributed by atoms with Crippen LogP contribution in [0.3, 0.4) is 0 Å². The largest absolute Gasteiger partial charge is 0.427 e. The molecule has 1 aromatic heterocycles. The Kier molecular flexibility index (Phi) is 5.85. The number of carbonyl (C=O) groups excluding carboxylic acids is 1. The molecule has 0 amide bonds. The number of nitrogens with zero attached hydrogens (tertiary/aromatic N) is 2. The van der Waals surface area contributed by atoms with E-state index in [2.05, 4.69) is 31.2 Å². The van der Waals surface area contributed by atoms with Crippen LogP contribution in [0.25, 0.3) is 0 Å². The second-order valence-corrected chi connectivity index (χ2v) is 5.65. The van der Waals surface area contributed by atoms with E-state index in [-0.39, 0.29) is 11.8 Å². The number of rotatable bonds is 8. The van der Waals surface area contributed by atoms with Crippen molar-refractivity contribution >= 4 is 41.0 Å². The predicted molar refractivity (Wildman–Crippen MR) is 107 cm³/mol. The summed E-state index contributed by atoms with van der Waals surface area (Å²) in [5.41, 5.74) is 2.80. The van der Waals surface area contributed by atoms with Crippen molar-refractivity contribution in [3.63, 3.8) is 0 Å². The second kappa shape index (κ2) is 8.67. The number of nitrogens with one attached hydrogen (secondary N) is 4. The maximum Gasteiger partial charge on any atom is 0.298 e. The molecule has 0 saturated heterocycles. The van der Waals surface area contributed by atoms with Gasteiger partial charge in [0.15, 0.2) is 17.4 Å². The predicted octanol–water partition coefficient (Wildman–Crippen LogP) is 3.72. The van der Waals surface area contributed by atoms with Crippen LogP contribution in [0.1, 0.15) is 0 Å². The summed E-state index contributed by atoms with van der Waals surface area (Å²) in [5, 5.41) is 11.9. The minimum absolute atomic E-state index is 0.0421. The highest BCUT2D eigenvalue weighted by Gasteiger charge is 2.10. The highest BCUT2D eigenvalue weighted by molar-refractivity contribution is 5.70. The number of anilines is 6. The molecule has 0 saturated carbocycles. The van der Waals surface area contributed by atoms with Crippen molar-refractivity contribution in [3.05, 3.63) is 54.5 Å². The summed E-state index contributed by atoms with van der Waals surface area (Å²) in [6.07, 6.45) is 1.09. The first-order chi connectivity index (χ1) is 13.6. The van der Waals surface area contributed by atoms with E-state index in [0.29, 0.717) is 29.3 Å². The fraction of sp³-hybridized carbons (Fsp3) is 0.105. The van der Waals surface area contributed by atoms with Crippen molar-refractivity contribution in [1.29, 1.82) is 0 Å². The van der Waals surface area contributed by atoms with Crippen LogP contribution >= 0.6 is 0 Å². The van der Waals surface area contributed by atoms with Gasteiger partial charge in [0.05, 0.1) is 11.9 Å². The molecule has 0 unspecified atom stereocenters. The van der Waals surface area contributed by atoms with Gasteiger partial charge in [-0.05, 0) is 36.4 Å². The molecule has 0 spiro atoms. The zero-order valence-corrected chi connectivity index (χ0v) is 15.3. The molecule has 2 aromatic carbocycles. The Morgan fingerprint density at radius 3 is 2.54 bits per heavy atom. The van der Waals surface area contributed by atoms with Crippen molar-refractivity contribution in [2.24, 2.45) is 0 Å². The van der Waals surface area contributed by atoms with Crippen LogP contribution in [0.5, 0.6) is 5.75 Å². The molecule has 3 rings (SSSR count). The number of halogens is 1. The molecule has 0 atom stereocenters. The number of carbonyl (C=O) groups is 1. The van der Waals surface area contributed by atoms with Crippen LogP contribution in [-0.4, -0.2) is 30.5 Å². The van der Waals surface area contributed by atoms with Crippen molar-refractivity contribution < 1.29 is 13.9 Å². The maximum absolute atomic E-state index is 14.1. The maximum atomic E-state index is 14.1. The summed E-state index contributed by atoms with van der Waals surface area (Å²) >= 11 is 0. The zero-order chi connectivity index (χ0) is 19.9. The lowest BCUT2D eigenvalue weighted by Gasteiger charge is -2.12. The van der Waals surface area contributed by atoms with Gasteiger partial charge in [-0.2, -0.15) is 4.98 Å². The number of hydrogen-bond acceptors (Lipinski definition) is 8. The van der Waals surface area contributed by atoms with Crippen LogP contribution in [0.15, 0.2) is 48.7 Å². The molecule has 3 aromatic rings. The van der Waals surface area contributed by atoms with Gasteiger partial charge in [-0.25, -0.2) is 9.37 Å². The van der Waals surface area contributed by atoms with Gasteiger partial charge >= 0.3 is 0 Å². The molecule has 0 aliphatic heterocycles. The fourth-order valence-corrected chi connectivity index (χ4v) is 2.49. The Bertz CT molecular complexity index is 982. The van der Waals surface area contributed by atoms with Gasteiger partial charge in [0.25, 0.3) is 6.47 Å². The second-order valence-electron chi connectivity index (χ2n) is 5.65. The summed E-state index contributed by atoms with van der Waals surface area (Å²) in [6.45, 7) is 0.355. The van der Waals surface area contributed by atoms with E-state index in [1.165, 1.54) is 0 Å². The Morgan fingerprint density at radius 1 is 1.00 bits per heavy atom. The smallest absolute Gasteiger partial charge is 0.298 e. The Hall–Kier alpha value is -3.88. The first kappa shape index (κ1) is 18.9. The minimum Gasteiger partial charge on any atom is -0.427 e.